The number of likely N-dealkylation sites (tertiary alicyclic amines) is 2. The average molecular weight is 493 g/mol. The quantitative estimate of drug-likeness (QED) is 0.681. The van der Waals surface area contributed by atoms with E-state index in [0.717, 1.165) is 31.5 Å². The van der Waals surface area contributed by atoms with E-state index < -0.39 is 23.2 Å². The van der Waals surface area contributed by atoms with E-state index in [0.29, 0.717) is 43.9 Å². The molecular weight excluding hydrogens is 465 g/mol. The predicted octanol–water partition coefficient (Wildman–Crippen LogP) is 3.06. The van der Waals surface area contributed by atoms with E-state index in [-0.39, 0.29) is 17.5 Å². The van der Waals surface area contributed by atoms with Gasteiger partial charge >= 0.3 is 12.2 Å². The van der Waals surface area contributed by atoms with Crippen LogP contribution in [-0.2, 0) is 17.5 Å². The monoisotopic (exact) mass is 492 g/mol. The zero-order chi connectivity index (χ0) is 25.4. The molecule has 1 spiro atoms. The predicted molar refractivity (Wildman–Crippen MR) is 120 cm³/mol. The van der Waals surface area contributed by atoms with Gasteiger partial charge in [0.1, 0.15) is 0 Å². The first-order chi connectivity index (χ1) is 16.5. The van der Waals surface area contributed by atoms with Crippen molar-refractivity contribution < 1.29 is 27.6 Å². The Balaban J connectivity index is 1.44. The first kappa shape index (κ1) is 24.7. The summed E-state index contributed by atoms with van der Waals surface area (Å²) in [6.45, 7) is 3.38. The number of carbonyl (C=O) groups is 3. The summed E-state index contributed by atoms with van der Waals surface area (Å²) in [7, 11) is 0. The molecule has 2 aromatic rings. The SMILES string of the molecule is CC(=O)Nc1ccn(C(=O)N2CCC3(CCCN3Cc3ccc(C(N)=O)c(C(F)(F)F)c3)CC2)n1. The lowest BCUT2D eigenvalue weighted by molar-refractivity contribution is -0.138. The minimum Gasteiger partial charge on any atom is -0.366 e. The molecule has 2 fully saturated rings. The Labute approximate surface area is 200 Å². The number of anilines is 1. The number of piperidine rings is 1. The van der Waals surface area contributed by atoms with Crippen LogP contribution in [0.2, 0.25) is 0 Å². The van der Waals surface area contributed by atoms with E-state index in [4.69, 9.17) is 5.73 Å². The highest BCUT2D eigenvalue weighted by Crippen LogP contribution is 2.40. The van der Waals surface area contributed by atoms with Crippen molar-refractivity contribution >= 4 is 23.7 Å². The lowest BCUT2D eigenvalue weighted by Gasteiger charge is -2.45. The molecule has 2 aliphatic heterocycles. The Morgan fingerprint density at radius 1 is 1.11 bits per heavy atom. The Hall–Kier alpha value is -3.41. The maximum absolute atomic E-state index is 13.5. The Morgan fingerprint density at radius 3 is 2.46 bits per heavy atom. The van der Waals surface area contributed by atoms with Crippen LogP contribution in [0.15, 0.2) is 30.5 Å². The topological polar surface area (TPSA) is 114 Å². The second kappa shape index (κ2) is 9.33. The third-order valence-electron chi connectivity index (χ3n) is 6.82. The van der Waals surface area contributed by atoms with Gasteiger partial charge in [0.25, 0.3) is 0 Å². The molecule has 2 saturated heterocycles. The molecule has 0 bridgehead atoms. The smallest absolute Gasteiger partial charge is 0.366 e. The Bertz CT molecular complexity index is 1140. The number of rotatable bonds is 4. The number of alkyl halides is 3. The number of halogens is 3. The molecule has 0 aliphatic carbocycles. The highest BCUT2D eigenvalue weighted by molar-refractivity contribution is 5.94. The molecule has 4 rings (SSSR count). The highest BCUT2D eigenvalue weighted by Gasteiger charge is 2.44. The number of hydrogen-bond acceptors (Lipinski definition) is 5. The number of amides is 3. The van der Waals surface area contributed by atoms with E-state index in [1.165, 1.54) is 23.9 Å². The number of nitrogens with two attached hydrogens (primary N) is 1. The Kier molecular flexibility index (Phi) is 6.58. The summed E-state index contributed by atoms with van der Waals surface area (Å²) in [6.07, 6.45) is -0.00329. The number of aromatic nitrogens is 2. The molecule has 0 unspecified atom stereocenters. The molecule has 3 amide bonds. The van der Waals surface area contributed by atoms with Crippen LogP contribution in [0.25, 0.3) is 0 Å². The van der Waals surface area contributed by atoms with Crippen LogP contribution in [0, 0.1) is 0 Å². The second-order valence-electron chi connectivity index (χ2n) is 9.09. The normalized spacial score (nSPS) is 18.1. The molecule has 35 heavy (non-hydrogen) atoms. The van der Waals surface area contributed by atoms with Crippen molar-refractivity contribution in [3.05, 3.63) is 47.2 Å². The second-order valence-corrected chi connectivity index (χ2v) is 9.09. The molecule has 12 heteroatoms. The zero-order valence-corrected chi connectivity index (χ0v) is 19.3. The third kappa shape index (κ3) is 5.16. The molecule has 1 aromatic carbocycles. The summed E-state index contributed by atoms with van der Waals surface area (Å²) in [5, 5.41) is 6.62. The number of primary amides is 1. The van der Waals surface area contributed by atoms with Gasteiger partial charge in [-0.1, -0.05) is 6.07 Å². The first-order valence-corrected chi connectivity index (χ1v) is 11.4. The maximum Gasteiger partial charge on any atom is 0.417 e. The fourth-order valence-corrected chi connectivity index (χ4v) is 5.10. The lowest BCUT2D eigenvalue weighted by Crippen LogP contribution is -2.53. The summed E-state index contributed by atoms with van der Waals surface area (Å²) >= 11 is 0. The van der Waals surface area contributed by atoms with Gasteiger partial charge in [-0.2, -0.15) is 17.9 Å². The zero-order valence-electron chi connectivity index (χ0n) is 19.3. The van der Waals surface area contributed by atoms with E-state index in [2.05, 4.69) is 15.3 Å². The highest BCUT2D eigenvalue weighted by atomic mass is 19.4. The van der Waals surface area contributed by atoms with Gasteiger partial charge in [0.15, 0.2) is 5.82 Å². The summed E-state index contributed by atoms with van der Waals surface area (Å²) in [5.41, 5.74) is 3.83. The minimum absolute atomic E-state index is 0.205. The summed E-state index contributed by atoms with van der Waals surface area (Å²) in [6, 6.07) is 4.92. The summed E-state index contributed by atoms with van der Waals surface area (Å²) in [5.74, 6) is -1.10. The minimum atomic E-state index is -4.68. The molecule has 0 saturated carbocycles. The molecule has 0 radical (unpaired) electrons. The van der Waals surface area contributed by atoms with Crippen LogP contribution >= 0.6 is 0 Å². The van der Waals surface area contributed by atoms with Gasteiger partial charge in [0.05, 0.1) is 11.1 Å². The Morgan fingerprint density at radius 2 is 1.83 bits per heavy atom. The van der Waals surface area contributed by atoms with Crippen molar-refractivity contribution in [3.8, 4) is 0 Å². The van der Waals surface area contributed by atoms with Gasteiger partial charge in [0.2, 0.25) is 11.8 Å². The van der Waals surface area contributed by atoms with Gasteiger partial charge in [-0.15, -0.1) is 5.10 Å². The molecule has 188 valence electrons. The van der Waals surface area contributed by atoms with Crippen molar-refractivity contribution in [1.29, 1.82) is 0 Å². The van der Waals surface area contributed by atoms with E-state index >= 15 is 0 Å². The number of benzene rings is 1. The third-order valence-corrected chi connectivity index (χ3v) is 6.82. The van der Waals surface area contributed by atoms with Crippen LogP contribution in [0.3, 0.4) is 0 Å². The van der Waals surface area contributed by atoms with Gasteiger partial charge < -0.3 is 16.0 Å². The molecule has 9 nitrogen and oxygen atoms in total. The molecular formula is C23H27F3N6O3. The number of nitrogens with one attached hydrogen (secondary N) is 1. The molecule has 0 atom stereocenters. The first-order valence-electron chi connectivity index (χ1n) is 11.4. The van der Waals surface area contributed by atoms with Gasteiger partial charge in [-0.05, 0) is 49.9 Å². The van der Waals surface area contributed by atoms with Crippen molar-refractivity contribution in [3.63, 3.8) is 0 Å². The average Bonchev–Trinajstić information content (AvgIpc) is 3.40. The van der Waals surface area contributed by atoms with Gasteiger partial charge in [-0.3, -0.25) is 14.5 Å². The molecule has 2 aliphatic rings. The van der Waals surface area contributed by atoms with Gasteiger partial charge in [0, 0.05) is 44.4 Å². The maximum atomic E-state index is 13.5. The van der Waals surface area contributed by atoms with Gasteiger partial charge in [-0.25, -0.2) is 4.79 Å². The van der Waals surface area contributed by atoms with Crippen LogP contribution in [0.5, 0.6) is 0 Å². The largest absolute Gasteiger partial charge is 0.417 e. The molecule has 3 N–H and O–H groups in total. The molecule has 3 heterocycles. The summed E-state index contributed by atoms with van der Waals surface area (Å²) in [4.78, 5) is 39.4. The van der Waals surface area contributed by atoms with E-state index in [1.54, 1.807) is 11.0 Å². The van der Waals surface area contributed by atoms with Crippen molar-refractivity contribution in [2.24, 2.45) is 5.73 Å². The fraction of sp³-hybridized carbons (Fsp3) is 0.478. The van der Waals surface area contributed by atoms with Crippen molar-refractivity contribution in [1.82, 2.24) is 19.6 Å². The molecule has 1 aromatic heterocycles. The van der Waals surface area contributed by atoms with Crippen molar-refractivity contribution in [2.45, 2.75) is 50.9 Å². The number of hydrogen-bond donors (Lipinski definition) is 2. The fourth-order valence-electron chi connectivity index (χ4n) is 5.10. The van der Waals surface area contributed by atoms with Crippen LogP contribution in [0.4, 0.5) is 23.8 Å². The van der Waals surface area contributed by atoms with Crippen LogP contribution in [0.1, 0.15) is 54.1 Å². The van der Waals surface area contributed by atoms with E-state index in [1.807, 2.05) is 0 Å². The standard InChI is InChI=1S/C23H27F3N6O3/c1-15(33)28-19-5-10-32(29-19)21(35)30-11-7-22(8-12-30)6-2-9-31(22)14-16-3-4-17(20(27)34)18(13-16)23(24,25)26/h3-5,10,13H,2,6-9,11-12,14H2,1H3,(H2,27,34)(H,28,29,33). The number of nitrogens with zero attached hydrogens (tertiary/aromatic N) is 4. The summed E-state index contributed by atoms with van der Waals surface area (Å²) < 4.78 is 41.6. The van der Waals surface area contributed by atoms with E-state index in [9.17, 15) is 27.6 Å². The van der Waals surface area contributed by atoms with Crippen LogP contribution < -0.4 is 11.1 Å². The number of carbonyl (C=O) groups excluding carboxylic acids is 3. The lowest BCUT2D eigenvalue weighted by atomic mass is 9.84. The van der Waals surface area contributed by atoms with Crippen LogP contribution in [-0.4, -0.2) is 62.6 Å². The van der Waals surface area contributed by atoms with Crippen molar-refractivity contribution in [2.75, 3.05) is 25.0 Å².